The van der Waals surface area contributed by atoms with Gasteiger partial charge in [-0.1, -0.05) is 17.7 Å². The van der Waals surface area contributed by atoms with E-state index in [1.54, 1.807) is 31.3 Å². The molecule has 3 aromatic rings. The van der Waals surface area contributed by atoms with E-state index in [0.717, 1.165) is 5.56 Å². The van der Waals surface area contributed by atoms with Crippen molar-refractivity contribution >= 4 is 34.3 Å². The number of ether oxygens (including phenoxy) is 2. The summed E-state index contributed by atoms with van der Waals surface area (Å²) in [5, 5.41) is 21.7. The molecule has 0 atom stereocenters. The van der Waals surface area contributed by atoms with Gasteiger partial charge in [0.15, 0.2) is 11.5 Å². The number of benzene rings is 2. The van der Waals surface area contributed by atoms with Crippen LogP contribution in [-0.2, 0) is 6.54 Å². The maximum absolute atomic E-state index is 14.2. The molecule has 6 nitrogen and oxygen atoms in total. The van der Waals surface area contributed by atoms with Crippen LogP contribution in [0.15, 0.2) is 47.5 Å². The van der Waals surface area contributed by atoms with Gasteiger partial charge >= 0.3 is 0 Å². The first-order valence-electron chi connectivity index (χ1n) is 9.30. The molecule has 0 amide bonds. The summed E-state index contributed by atoms with van der Waals surface area (Å²) in [4.78, 5) is 6.17. The summed E-state index contributed by atoms with van der Waals surface area (Å²) in [6.07, 6.45) is 0. The van der Waals surface area contributed by atoms with E-state index in [9.17, 15) is 9.50 Å². The summed E-state index contributed by atoms with van der Waals surface area (Å²) in [5.41, 5.74) is 2.13. The quantitative estimate of drug-likeness (QED) is 0.517. The molecule has 0 saturated heterocycles. The average Bonchev–Trinajstić information content (AvgIpc) is 3.34. The molecule has 0 radical (unpaired) electrons. The highest BCUT2D eigenvalue weighted by atomic mass is 35.5. The maximum Gasteiger partial charge on any atom is 0.161 e. The van der Waals surface area contributed by atoms with Gasteiger partial charge in [0.05, 0.1) is 32.0 Å². The van der Waals surface area contributed by atoms with E-state index < -0.39 is 5.82 Å². The van der Waals surface area contributed by atoms with Gasteiger partial charge in [0.1, 0.15) is 22.4 Å². The third kappa shape index (κ3) is 3.96. The zero-order chi connectivity index (χ0) is 22.1. The Bertz CT molecular complexity index is 1170. The highest BCUT2D eigenvalue weighted by molar-refractivity contribution is 7.11. The second-order valence-electron chi connectivity index (χ2n) is 6.83. The third-order valence-corrected chi connectivity index (χ3v) is 6.20. The van der Waals surface area contributed by atoms with E-state index in [-0.39, 0.29) is 35.3 Å². The minimum Gasteiger partial charge on any atom is -0.510 e. The van der Waals surface area contributed by atoms with Crippen LogP contribution in [0.1, 0.15) is 10.6 Å². The molecule has 31 heavy (non-hydrogen) atoms. The number of thiazole rings is 1. The third-order valence-electron chi connectivity index (χ3n) is 4.99. The van der Waals surface area contributed by atoms with Gasteiger partial charge in [-0.25, -0.2) is 9.37 Å². The van der Waals surface area contributed by atoms with Gasteiger partial charge in [-0.05, 0) is 30.3 Å². The Kier molecular flexibility index (Phi) is 5.84. The van der Waals surface area contributed by atoms with Crippen LogP contribution in [0.25, 0.3) is 16.8 Å². The molecule has 1 aromatic heterocycles. The Balaban J connectivity index is 1.59. The fourth-order valence-corrected chi connectivity index (χ4v) is 4.50. The van der Waals surface area contributed by atoms with Crippen LogP contribution in [0.2, 0.25) is 5.02 Å². The minimum atomic E-state index is -0.446. The van der Waals surface area contributed by atoms with Crippen LogP contribution < -0.4 is 9.47 Å². The summed E-state index contributed by atoms with van der Waals surface area (Å²) < 4.78 is 24.8. The lowest BCUT2D eigenvalue weighted by atomic mass is 10.1. The van der Waals surface area contributed by atoms with E-state index in [1.807, 2.05) is 17.5 Å². The fourth-order valence-electron chi connectivity index (χ4n) is 3.38. The van der Waals surface area contributed by atoms with Crippen LogP contribution in [0, 0.1) is 11.2 Å². The highest BCUT2D eigenvalue weighted by Gasteiger charge is 2.31. The van der Waals surface area contributed by atoms with Crippen molar-refractivity contribution in [3.05, 3.63) is 68.9 Å². The molecule has 160 valence electrons. The SMILES string of the molecule is COc1ccc(-c2csc(C3=C(O)CN(Cc4c(F)cccc4Cl)C3=N)n2)cc1OC. The number of aliphatic hydroxyl groups excluding tert-OH is 1. The number of methoxy groups -OCH3 is 2. The van der Waals surface area contributed by atoms with Gasteiger partial charge < -0.3 is 19.5 Å². The van der Waals surface area contributed by atoms with Gasteiger partial charge in [0, 0.05) is 28.1 Å². The molecule has 0 fully saturated rings. The average molecular weight is 460 g/mol. The lowest BCUT2D eigenvalue weighted by molar-refractivity contribution is 0.344. The second-order valence-corrected chi connectivity index (χ2v) is 8.10. The van der Waals surface area contributed by atoms with Crippen LogP contribution in [-0.4, -0.2) is 41.6 Å². The van der Waals surface area contributed by atoms with Crippen molar-refractivity contribution in [2.75, 3.05) is 20.8 Å². The van der Waals surface area contributed by atoms with Crippen molar-refractivity contribution in [3.8, 4) is 22.8 Å². The standard InChI is InChI=1S/C22H19ClFN3O3S/c1-29-18-7-6-12(8-19(18)30-2)16-11-31-22(26-16)20-17(28)10-27(21(20)25)9-13-14(23)4-3-5-15(13)24/h3-8,11,25,28H,9-10H2,1-2H3. The Hall–Kier alpha value is -3.10. The minimum absolute atomic E-state index is 0.0191. The highest BCUT2D eigenvalue weighted by Crippen LogP contribution is 2.36. The Morgan fingerprint density at radius 2 is 2.00 bits per heavy atom. The molecule has 2 aromatic carbocycles. The molecule has 2 heterocycles. The van der Waals surface area contributed by atoms with Gasteiger partial charge in [-0.3, -0.25) is 5.41 Å². The fraction of sp³-hybridized carbons (Fsp3) is 0.182. The zero-order valence-corrected chi connectivity index (χ0v) is 18.4. The second kappa shape index (κ2) is 8.56. The monoisotopic (exact) mass is 459 g/mol. The molecule has 9 heteroatoms. The summed E-state index contributed by atoms with van der Waals surface area (Å²) in [6, 6.07) is 9.93. The van der Waals surface area contributed by atoms with Crippen LogP contribution in [0.4, 0.5) is 4.39 Å². The van der Waals surface area contributed by atoms with E-state index in [1.165, 1.54) is 23.5 Å². The summed E-state index contributed by atoms with van der Waals surface area (Å²) >= 11 is 7.44. The van der Waals surface area contributed by atoms with Crippen molar-refractivity contribution in [2.24, 2.45) is 0 Å². The number of amidine groups is 1. The molecule has 0 saturated carbocycles. The lowest BCUT2D eigenvalue weighted by Crippen LogP contribution is -2.26. The molecule has 1 aliphatic heterocycles. The van der Waals surface area contributed by atoms with Gasteiger partial charge in [-0.2, -0.15) is 0 Å². The Morgan fingerprint density at radius 3 is 2.71 bits per heavy atom. The lowest BCUT2D eigenvalue weighted by Gasteiger charge is -2.19. The smallest absolute Gasteiger partial charge is 0.161 e. The predicted molar refractivity (Wildman–Crippen MR) is 120 cm³/mol. The molecule has 0 bridgehead atoms. The van der Waals surface area contributed by atoms with Crippen molar-refractivity contribution < 1.29 is 19.0 Å². The molecule has 0 aliphatic carbocycles. The van der Waals surface area contributed by atoms with E-state index in [2.05, 4.69) is 4.98 Å². The number of hydrogen-bond acceptors (Lipinski definition) is 6. The topological polar surface area (TPSA) is 78.7 Å². The Labute approximate surface area is 187 Å². The van der Waals surface area contributed by atoms with Crippen molar-refractivity contribution in [2.45, 2.75) is 6.54 Å². The Morgan fingerprint density at radius 1 is 1.23 bits per heavy atom. The van der Waals surface area contributed by atoms with Gasteiger partial charge in [0.2, 0.25) is 0 Å². The van der Waals surface area contributed by atoms with Crippen molar-refractivity contribution in [1.82, 2.24) is 9.88 Å². The summed E-state index contributed by atoms with van der Waals surface area (Å²) in [5.74, 6) is 0.842. The number of aromatic nitrogens is 1. The molecular formula is C22H19ClFN3O3S. The van der Waals surface area contributed by atoms with Gasteiger partial charge in [0.25, 0.3) is 0 Å². The summed E-state index contributed by atoms with van der Waals surface area (Å²) in [6.45, 7) is 0.163. The van der Waals surface area contributed by atoms with Crippen molar-refractivity contribution in [3.63, 3.8) is 0 Å². The predicted octanol–water partition coefficient (Wildman–Crippen LogP) is 5.38. The zero-order valence-electron chi connectivity index (χ0n) is 16.8. The molecule has 2 N–H and O–H groups in total. The largest absolute Gasteiger partial charge is 0.510 e. The normalized spacial score (nSPS) is 13.8. The number of nitrogens with one attached hydrogen (secondary N) is 1. The van der Waals surface area contributed by atoms with Gasteiger partial charge in [-0.15, -0.1) is 11.3 Å². The van der Waals surface area contributed by atoms with Crippen LogP contribution >= 0.6 is 22.9 Å². The molecule has 0 spiro atoms. The maximum atomic E-state index is 14.2. The van der Waals surface area contributed by atoms with Crippen molar-refractivity contribution in [1.29, 1.82) is 5.41 Å². The molecule has 1 aliphatic rings. The first kappa shape index (κ1) is 21.1. The van der Waals surface area contributed by atoms with Crippen LogP contribution in [0.3, 0.4) is 0 Å². The summed E-state index contributed by atoms with van der Waals surface area (Å²) in [7, 11) is 3.13. The molecule has 0 unspecified atom stereocenters. The molecular weight excluding hydrogens is 441 g/mol. The number of aliphatic hydroxyl groups is 1. The first-order valence-corrected chi connectivity index (χ1v) is 10.6. The number of halogens is 2. The molecule has 4 rings (SSSR count). The van der Waals surface area contributed by atoms with E-state index in [4.69, 9.17) is 26.5 Å². The number of hydrogen-bond donors (Lipinski definition) is 2. The van der Waals surface area contributed by atoms with Crippen LogP contribution in [0.5, 0.6) is 11.5 Å². The first-order chi connectivity index (χ1) is 14.9. The van der Waals surface area contributed by atoms with E-state index in [0.29, 0.717) is 27.8 Å². The van der Waals surface area contributed by atoms with E-state index >= 15 is 0 Å². The number of rotatable bonds is 6. The number of nitrogens with zero attached hydrogens (tertiary/aromatic N) is 2.